The molecule has 7 heteroatoms. The first kappa shape index (κ1) is 23.7. The molecule has 0 aromatic heterocycles. The quantitative estimate of drug-likeness (QED) is 0.393. The molecule has 121 valence electrons. The predicted molar refractivity (Wildman–Crippen MR) is 83.0 cm³/mol. The monoisotopic (exact) mass is 473 g/mol. The maximum Gasteiger partial charge on any atom is 3.00 e. The Morgan fingerprint density at radius 1 is 1.00 bits per heavy atom. The van der Waals surface area contributed by atoms with E-state index in [4.69, 9.17) is 11.6 Å². The molecule has 24 heavy (non-hydrogen) atoms. The third-order valence-corrected chi connectivity index (χ3v) is 4.49. The minimum absolute atomic E-state index is 0. The van der Waals surface area contributed by atoms with E-state index in [-0.39, 0.29) is 56.9 Å². The third kappa shape index (κ3) is 5.12. The van der Waals surface area contributed by atoms with Crippen molar-refractivity contribution in [2.45, 2.75) is 5.92 Å². The molecule has 0 N–H and O–H groups in total. The van der Waals surface area contributed by atoms with E-state index in [2.05, 4.69) is 6.08 Å². The van der Waals surface area contributed by atoms with Crippen LogP contribution < -0.4 is 29.7 Å². The zero-order valence-corrected chi connectivity index (χ0v) is 17.9. The van der Waals surface area contributed by atoms with Gasteiger partial charge in [-0.2, -0.15) is 6.08 Å². The molecule has 2 atom stereocenters. The molecule has 2 nitrogen and oxygen atoms in total. The molecule has 0 amide bonds. The van der Waals surface area contributed by atoms with Crippen LogP contribution in [0.1, 0.15) is 17.0 Å². The maximum absolute atomic E-state index is 11.5. The van der Waals surface area contributed by atoms with Crippen LogP contribution in [0, 0.1) is 6.08 Å². The molecule has 0 spiro atoms. The van der Waals surface area contributed by atoms with Crippen LogP contribution in [0.5, 0.6) is 0 Å². The van der Waals surface area contributed by atoms with Gasteiger partial charge in [-0.3, -0.25) is 0 Å². The van der Waals surface area contributed by atoms with Crippen LogP contribution in [0.2, 0.25) is 5.02 Å². The van der Waals surface area contributed by atoms with E-state index in [0.717, 1.165) is 11.1 Å². The van der Waals surface area contributed by atoms with Gasteiger partial charge in [0.15, 0.2) is 0 Å². The van der Waals surface area contributed by atoms with Crippen LogP contribution in [-0.4, -0.2) is 0 Å². The SMILES string of the molecule is O=[P+]([O-])C1=CC(c2ccccc2Cl)[C-]=C1c1ccccc1.[Cl-].[Cl-].[Zr+3]. The average Bonchev–Trinajstić information content (AvgIpc) is 2.94. The molecule has 0 aliphatic heterocycles. The Balaban J connectivity index is 0.00000176. The van der Waals surface area contributed by atoms with Crippen LogP contribution in [0.4, 0.5) is 0 Å². The van der Waals surface area contributed by atoms with E-state index in [1.807, 2.05) is 48.5 Å². The Morgan fingerprint density at radius 2 is 1.58 bits per heavy atom. The average molecular weight is 476 g/mol. The molecule has 0 saturated carbocycles. The smallest absolute Gasteiger partial charge is 1.00 e. The summed E-state index contributed by atoms with van der Waals surface area (Å²) in [5.41, 5.74) is 2.33. The summed E-state index contributed by atoms with van der Waals surface area (Å²) in [6, 6.07) is 16.8. The van der Waals surface area contributed by atoms with E-state index < -0.39 is 8.03 Å². The number of halogens is 3. The summed E-state index contributed by atoms with van der Waals surface area (Å²) in [6.07, 6.45) is 4.96. The first-order valence-electron chi connectivity index (χ1n) is 6.47. The van der Waals surface area contributed by atoms with E-state index in [9.17, 15) is 9.46 Å². The minimum atomic E-state index is -2.67. The molecule has 0 heterocycles. The molecular weight excluding hydrogens is 465 g/mol. The molecule has 0 fully saturated rings. The van der Waals surface area contributed by atoms with Gasteiger partial charge in [-0.05, 0) is 17.5 Å². The minimum Gasteiger partial charge on any atom is -1.00 e. The molecule has 0 bridgehead atoms. The Labute approximate surface area is 178 Å². The second kappa shape index (κ2) is 10.7. The van der Waals surface area contributed by atoms with E-state index >= 15 is 0 Å². The molecule has 2 aromatic rings. The van der Waals surface area contributed by atoms with Gasteiger partial charge < -0.3 is 29.7 Å². The second-order valence-electron chi connectivity index (χ2n) is 4.69. The first-order chi connectivity index (χ1) is 10.2. The van der Waals surface area contributed by atoms with Crippen LogP contribution >= 0.6 is 19.6 Å². The molecule has 2 aromatic carbocycles. The van der Waals surface area contributed by atoms with Crippen molar-refractivity contribution >= 4 is 25.2 Å². The number of rotatable bonds is 3. The fraction of sp³-hybridized carbons (Fsp3) is 0.0588. The largest absolute Gasteiger partial charge is 3.00 e. The van der Waals surface area contributed by atoms with E-state index in [1.165, 1.54) is 0 Å². The second-order valence-corrected chi connectivity index (χ2v) is 6.10. The van der Waals surface area contributed by atoms with Crippen molar-refractivity contribution in [2.75, 3.05) is 0 Å². The van der Waals surface area contributed by atoms with Gasteiger partial charge in [0.1, 0.15) is 0 Å². The van der Waals surface area contributed by atoms with Crippen molar-refractivity contribution in [2.24, 2.45) is 0 Å². The van der Waals surface area contributed by atoms with Gasteiger partial charge in [-0.25, -0.2) is 0 Å². The number of hydrogen-bond acceptors (Lipinski definition) is 2. The van der Waals surface area contributed by atoms with Crippen LogP contribution in [0.15, 0.2) is 66.0 Å². The van der Waals surface area contributed by atoms with Gasteiger partial charge >= 0.3 is 26.2 Å². The van der Waals surface area contributed by atoms with Gasteiger partial charge in [-0.15, -0.1) is 23.3 Å². The molecule has 3 rings (SSSR count). The molecule has 1 aliphatic carbocycles. The van der Waals surface area contributed by atoms with Gasteiger partial charge in [0, 0.05) is 5.02 Å². The summed E-state index contributed by atoms with van der Waals surface area (Å²) >= 11 is 6.20. The zero-order valence-electron chi connectivity index (χ0n) is 12.2. The van der Waals surface area contributed by atoms with Crippen molar-refractivity contribution in [3.63, 3.8) is 0 Å². The summed E-state index contributed by atoms with van der Waals surface area (Å²) in [4.78, 5) is 11.5. The van der Waals surface area contributed by atoms with Gasteiger partial charge in [0.25, 0.3) is 8.03 Å². The summed E-state index contributed by atoms with van der Waals surface area (Å²) in [5.74, 6) is -0.239. The van der Waals surface area contributed by atoms with Crippen LogP contribution in [0.3, 0.4) is 0 Å². The van der Waals surface area contributed by atoms with Crippen molar-refractivity contribution in [1.29, 1.82) is 0 Å². The summed E-state index contributed by atoms with van der Waals surface area (Å²) in [6.45, 7) is 0. The zero-order chi connectivity index (χ0) is 14.8. The Bertz CT molecular complexity index is 763. The molecule has 1 radical (unpaired) electrons. The summed E-state index contributed by atoms with van der Waals surface area (Å²) in [7, 11) is -2.67. The van der Waals surface area contributed by atoms with Crippen molar-refractivity contribution in [3.8, 4) is 0 Å². The van der Waals surface area contributed by atoms with Crippen molar-refractivity contribution in [1.82, 2.24) is 0 Å². The Kier molecular flexibility index (Phi) is 10.5. The number of allylic oxidation sites excluding steroid dienone is 4. The maximum atomic E-state index is 11.5. The standard InChI is InChI=1S/C17H11ClO2P.2ClH.Zr/c18-16-9-5-4-8-14(16)13-10-15(17(11-13)21(19)20)12-6-2-1-3-7-12;;;/h1-9,11,13H;2*1H;/q-1;;;+3/p-2. The number of hydrogen-bond donors (Lipinski definition) is 0. The van der Waals surface area contributed by atoms with E-state index in [0.29, 0.717) is 15.9 Å². The first-order valence-corrected chi connectivity index (χ1v) is 8.02. The van der Waals surface area contributed by atoms with E-state index in [1.54, 1.807) is 12.1 Å². The predicted octanol–water partition coefficient (Wildman–Crippen LogP) is -1.68. The van der Waals surface area contributed by atoms with Crippen molar-refractivity contribution in [3.05, 3.63) is 88.2 Å². The van der Waals surface area contributed by atoms with Gasteiger partial charge in [0.05, 0.1) is 5.31 Å². The molecule has 2 unspecified atom stereocenters. The van der Waals surface area contributed by atoms with Crippen LogP contribution in [0.25, 0.3) is 5.57 Å². The summed E-state index contributed by atoms with van der Waals surface area (Å²) in [5, 5.41) is 0.919. The third-order valence-electron chi connectivity index (χ3n) is 3.38. The number of benzene rings is 2. The fourth-order valence-corrected chi connectivity index (χ4v) is 3.30. The Hall–Kier alpha value is -0.267. The fourth-order valence-electron chi connectivity index (χ4n) is 2.40. The van der Waals surface area contributed by atoms with Crippen LogP contribution in [-0.2, 0) is 30.8 Å². The normalized spacial score (nSPS) is 15.9. The molecule has 1 aliphatic rings. The summed E-state index contributed by atoms with van der Waals surface area (Å²) < 4.78 is 11.5. The molecule has 0 saturated heterocycles. The Morgan fingerprint density at radius 3 is 2.17 bits per heavy atom. The van der Waals surface area contributed by atoms with Gasteiger partial charge in [0.2, 0.25) is 0 Å². The topological polar surface area (TPSA) is 40.1 Å². The van der Waals surface area contributed by atoms with Gasteiger partial charge in [-0.1, -0.05) is 58.6 Å². The molecular formula is C17H11Cl3O2PZr. The van der Waals surface area contributed by atoms with Crippen molar-refractivity contribution < 1.29 is 60.5 Å².